The zero-order valence-corrected chi connectivity index (χ0v) is 11.8. The van der Waals surface area contributed by atoms with Gasteiger partial charge in [-0.05, 0) is 44.4 Å². The molecule has 1 aromatic rings. The van der Waals surface area contributed by atoms with Crippen LogP contribution in [-0.4, -0.2) is 42.2 Å². The molecule has 0 unspecified atom stereocenters. The van der Waals surface area contributed by atoms with Gasteiger partial charge in [0, 0.05) is 12.6 Å². The third kappa shape index (κ3) is 2.88. The van der Waals surface area contributed by atoms with Crippen LogP contribution in [0.15, 0.2) is 18.2 Å². The molecule has 1 saturated carbocycles. The van der Waals surface area contributed by atoms with E-state index in [1.165, 1.54) is 7.11 Å². The topological polar surface area (TPSA) is 75.8 Å². The minimum Gasteiger partial charge on any atom is -0.504 e. The zero-order valence-electron chi connectivity index (χ0n) is 11.8. The van der Waals surface area contributed by atoms with Gasteiger partial charge < -0.3 is 20.5 Å². The molecule has 2 rings (SSSR count). The second-order valence-electron chi connectivity index (χ2n) is 5.08. The molecule has 20 heavy (non-hydrogen) atoms. The van der Waals surface area contributed by atoms with Crippen molar-refractivity contribution in [1.82, 2.24) is 4.90 Å². The fraction of sp³-hybridized carbons (Fsp3) is 0.533. The summed E-state index contributed by atoms with van der Waals surface area (Å²) in [6.45, 7) is 1.19. The SMILES string of the molecule is COc1cccc(C(=O)N(CCCN)C2CCC2)c1O. The molecule has 0 heterocycles. The van der Waals surface area contributed by atoms with E-state index < -0.39 is 0 Å². The summed E-state index contributed by atoms with van der Waals surface area (Å²) in [6.07, 6.45) is 3.98. The Morgan fingerprint density at radius 3 is 2.80 bits per heavy atom. The molecule has 0 atom stereocenters. The van der Waals surface area contributed by atoms with Crippen LogP contribution in [0.2, 0.25) is 0 Å². The summed E-state index contributed by atoms with van der Waals surface area (Å²) in [7, 11) is 1.47. The van der Waals surface area contributed by atoms with E-state index in [1.54, 1.807) is 18.2 Å². The van der Waals surface area contributed by atoms with Crippen molar-refractivity contribution in [2.75, 3.05) is 20.2 Å². The van der Waals surface area contributed by atoms with Crippen molar-refractivity contribution in [3.8, 4) is 11.5 Å². The molecule has 0 aliphatic heterocycles. The minimum atomic E-state index is -0.139. The molecule has 1 aromatic carbocycles. The smallest absolute Gasteiger partial charge is 0.258 e. The van der Waals surface area contributed by atoms with E-state index in [4.69, 9.17) is 10.5 Å². The number of benzene rings is 1. The highest BCUT2D eigenvalue weighted by atomic mass is 16.5. The number of ether oxygens (including phenoxy) is 1. The molecule has 0 saturated heterocycles. The summed E-state index contributed by atoms with van der Waals surface area (Å²) in [5.74, 6) is 0.0971. The summed E-state index contributed by atoms with van der Waals surface area (Å²) in [5.41, 5.74) is 5.84. The van der Waals surface area contributed by atoms with Gasteiger partial charge in [-0.1, -0.05) is 6.07 Å². The van der Waals surface area contributed by atoms with Gasteiger partial charge in [-0.3, -0.25) is 4.79 Å². The lowest BCUT2D eigenvalue weighted by atomic mass is 9.90. The van der Waals surface area contributed by atoms with Crippen LogP contribution in [0.25, 0.3) is 0 Å². The van der Waals surface area contributed by atoms with E-state index in [9.17, 15) is 9.90 Å². The number of amides is 1. The predicted octanol–water partition coefficient (Wildman–Crippen LogP) is 1.74. The van der Waals surface area contributed by atoms with Crippen LogP contribution in [0.4, 0.5) is 0 Å². The normalized spacial score (nSPS) is 14.7. The second kappa shape index (κ2) is 6.61. The molecule has 1 aliphatic carbocycles. The van der Waals surface area contributed by atoms with Gasteiger partial charge in [-0.2, -0.15) is 0 Å². The highest BCUT2D eigenvalue weighted by molar-refractivity contribution is 5.97. The van der Waals surface area contributed by atoms with E-state index in [0.717, 1.165) is 25.7 Å². The molecular formula is C15H22N2O3. The van der Waals surface area contributed by atoms with E-state index in [1.807, 2.05) is 4.90 Å². The first-order valence-electron chi connectivity index (χ1n) is 7.06. The Morgan fingerprint density at radius 2 is 2.25 bits per heavy atom. The largest absolute Gasteiger partial charge is 0.504 e. The number of nitrogens with two attached hydrogens (primary N) is 1. The number of phenolic OH excluding ortho intramolecular Hbond substituents is 1. The number of hydrogen-bond donors (Lipinski definition) is 2. The van der Waals surface area contributed by atoms with E-state index in [-0.39, 0.29) is 17.7 Å². The van der Waals surface area contributed by atoms with Crippen LogP contribution in [0.1, 0.15) is 36.0 Å². The average Bonchev–Trinajstić information content (AvgIpc) is 2.40. The highest BCUT2D eigenvalue weighted by Gasteiger charge is 2.30. The average molecular weight is 278 g/mol. The van der Waals surface area contributed by atoms with Crippen molar-refractivity contribution in [3.63, 3.8) is 0 Å². The maximum absolute atomic E-state index is 12.6. The Labute approximate surface area is 119 Å². The molecule has 1 aliphatic rings. The van der Waals surface area contributed by atoms with Crippen molar-refractivity contribution < 1.29 is 14.6 Å². The summed E-state index contributed by atoms with van der Waals surface area (Å²) in [5, 5.41) is 10.1. The molecule has 110 valence electrons. The fourth-order valence-corrected chi connectivity index (χ4v) is 2.42. The third-order valence-corrected chi connectivity index (χ3v) is 3.83. The van der Waals surface area contributed by atoms with Crippen LogP contribution in [0, 0.1) is 0 Å². The first kappa shape index (κ1) is 14.7. The number of carbonyl (C=O) groups excluding carboxylic acids is 1. The maximum Gasteiger partial charge on any atom is 0.258 e. The van der Waals surface area contributed by atoms with E-state index in [2.05, 4.69) is 0 Å². The quantitative estimate of drug-likeness (QED) is 0.831. The van der Waals surface area contributed by atoms with Crippen LogP contribution in [-0.2, 0) is 0 Å². The first-order valence-corrected chi connectivity index (χ1v) is 7.06. The molecule has 1 amide bonds. The van der Waals surface area contributed by atoms with Gasteiger partial charge in [0.2, 0.25) is 0 Å². The van der Waals surface area contributed by atoms with Crippen molar-refractivity contribution in [1.29, 1.82) is 0 Å². The Kier molecular flexibility index (Phi) is 4.84. The lowest BCUT2D eigenvalue weighted by Gasteiger charge is -2.37. The molecule has 5 heteroatoms. The Morgan fingerprint density at radius 1 is 1.50 bits per heavy atom. The number of methoxy groups -OCH3 is 1. The van der Waals surface area contributed by atoms with Crippen LogP contribution >= 0.6 is 0 Å². The Hall–Kier alpha value is -1.75. The van der Waals surface area contributed by atoms with Gasteiger partial charge in [0.1, 0.15) is 0 Å². The molecule has 0 radical (unpaired) electrons. The number of nitrogens with zero attached hydrogens (tertiary/aromatic N) is 1. The number of carbonyl (C=O) groups is 1. The molecule has 3 N–H and O–H groups in total. The van der Waals surface area contributed by atoms with E-state index in [0.29, 0.717) is 24.4 Å². The highest BCUT2D eigenvalue weighted by Crippen LogP contribution is 2.33. The Balaban J connectivity index is 2.22. The van der Waals surface area contributed by atoms with Crippen LogP contribution < -0.4 is 10.5 Å². The van der Waals surface area contributed by atoms with Crippen LogP contribution in [0.5, 0.6) is 11.5 Å². The molecule has 0 aromatic heterocycles. The van der Waals surface area contributed by atoms with Gasteiger partial charge in [0.15, 0.2) is 11.5 Å². The molecule has 0 bridgehead atoms. The summed E-state index contributed by atoms with van der Waals surface area (Å²) in [6, 6.07) is 5.27. The zero-order chi connectivity index (χ0) is 14.5. The maximum atomic E-state index is 12.6. The van der Waals surface area contributed by atoms with Crippen molar-refractivity contribution in [2.24, 2.45) is 5.73 Å². The van der Waals surface area contributed by atoms with Gasteiger partial charge in [0.25, 0.3) is 5.91 Å². The van der Waals surface area contributed by atoms with Gasteiger partial charge in [-0.25, -0.2) is 0 Å². The van der Waals surface area contributed by atoms with E-state index >= 15 is 0 Å². The van der Waals surface area contributed by atoms with Crippen LogP contribution in [0.3, 0.4) is 0 Å². The summed E-state index contributed by atoms with van der Waals surface area (Å²) < 4.78 is 5.06. The van der Waals surface area contributed by atoms with Crippen molar-refractivity contribution in [3.05, 3.63) is 23.8 Å². The first-order chi connectivity index (χ1) is 9.69. The number of phenols is 1. The number of hydrogen-bond acceptors (Lipinski definition) is 4. The molecular weight excluding hydrogens is 256 g/mol. The summed E-state index contributed by atoms with van der Waals surface area (Å²) in [4.78, 5) is 14.5. The Bertz CT molecular complexity index is 472. The number of aromatic hydroxyl groups is 1. The number of rotatable bonds is 6. The monoisotopic (exact) mass is 278 g/mol. The lowest BCUT2D eigenvalue weighted by Crippen LogP contribution is -2.45. The summed E-state index contributed by atoms with van der Waals surface area (Å²) >= 11 is 0. The molecule has 1 fully saturated rings. The minimum absolute atomic E-state index is 0.0860. The standard InChI is InChI=1S/C15H22N2O3/c1-20-13-8-3-7-12(14(13)18)15(19)17(10-4-9-16)11-5-2-6-11/h3,7-8,11,18H,2,4-6,9-10,16H2,1H3. The number of para-hydroxylation sites is 1. The molecule has 5 nitrogen and oxygen atoms in total. The molecule has 0 spiro atoms. The lowest BCUT2D eigenvalue weighted by molar-refractivity contribution is 0.0575. The van der Waals surface area contributed by atoms with Gasteiger partial charge in [-0.15, -0.1) is 0 Å². The van der Waals surface area contributed by atoms with Crippen molar-refractivity contribution >= 4 is 5.91 Å². The fourth-order valence-electron chi connectivity index (χ4n) is 2.42. The van der Waals surface area contributed by atoms with Crippen molar-refractivity contribution in [2.45, 2.75) is 31.7 Å². The van der Waals surface area contributed by atoms with Gasteiger partial charge >= 0.3 is 0 Å². The van der Waals surface area contributed by atoms with Gasteiger partial charge in [0.05, 0.1) is 12.7 Å². The predicted molar refractivity (Wildman–Crippen MR) is 77.0 cm³/mol. The second-order valence-corrected chi connectivity index (χ2v) is 5.08. The third-order valence-electron chi connectivity index (χ3n) is 3.83.